The number of fused-ring (bicyclic) bond motifs is 1. The fourth-order valence-corrected chi connectivity index (χ4v) is 3.21. The number of imidazole rings is 1. The molecule has 1 aromatic carbocycles. The molecule has 0 amide bonds. The summed E-state index contributed by atoms with van der Waals surface area (Å²) in [6, 6.07) is 5.82. The first-order valence-corrected chi connectivity index (χ1v) is 6.24. The maximum Gasteiger partial charge on any atom is 0.120 e. The molecular weight excluding hydrogens is 206 g/mol. The van der Waals surface area contributed by atoms with E-state index in [1.807, 2.05) is 30.0 Å². The number of nitrogens with zero attached hydrogens (tertiary/aromatic N) is 1. The Morgan fingerprint density at radius 2 is 2.40 bits per heavy atom. The molecular formula is C11H13N3S. The molecule has 1 atom stereocenters. The summed E-state index contributed by atoms with van der Waals surface area (Å²) in [7, 11) is 0. The smallest absolute Gasteiger partial charge is 0.120 e. The van der Waals surface area contributed by atoms with Gasteiger partial charge in [-0.2, -0.15) is 11.8 Å². The van der Waals surface area contributed by atoms with Crippen LogP contribution in [0.2, 0.25) is 0 Å². The minimum Gasteiger partial charge on any atom is -0.399 e. The van der Waals surface area contributed by atoms with E-state index >= 15 is 0 Å². The lowest BCUT2D eigenvalue weighted by Crippen LogP contribution is -1.90. The Hall–Kier alpha value is -1.16. The van der Waals surface area contributed by atoms with Gasteiger partial charge < -0.3 is 10.7 Å². The molecule has 1 aliphatic heterocycles. The Labute approximate surface area is 92.5 Å². The predicted molar refractivity (Wildman–Crippen MR) is 64.9 cm³/mol. The molecule has 0 bridgehead atoms. The first kappa shape index (κ1) is 9.09. The van der Waals surface area contributed by atoms with Crippen LogP contribution >= 0.6 is 11.8 Å². The Kier molecular flexibility index (Phi) is 2.09. The van der Waals surface area contributed by atoms with E-state index in [2.05, 4.69) is 9.97 Å². The monoisotopic (exact) mass is 219 g/mol. The van der Waals surface area contributed by atoms with Crippen LogP contribution in [0.5, 0.6) is 0 Å². The number of hydrogen-bond donors (Lipinski definition) is 2. The number of benzene rings is 1. The van der Waals surface area contributed by atoms with Gasteiger partial charge in [0.15, 0.2) is 0 Å². The number of nitrogens with one attached hydrogen (secondary N) is 1. The predicted octanol–water partition coefficient (Wildman–Crippen LogP) is 2.71. The molecule has 1 saturated heterocycles. The fraction of sp³-hybridized carbons (Fsp3) is 0.364. The van der Waals surface area contributed by atoms with Crippen LogP contribution in [-0.2, 0) is 0 Å². The molecule has 0 aliphatic carbocycles. The van der Waals surface area contributed by atoms with Gasteiger partial charge in [-0.15, -0.1) is 0 Å². The summed E-state index contributed by atoms with van der Waals surface area (Å²) in [5, 5.41) is 0.554. The van der Waals surface area contributed by atoms with Crippen LogP contribution in [0.3, 0.4) is 0 Å². The number of hydrogen-bond acceptors (Lipinski definition) is 3. The van der Waals surface area contributed by atoms with E-state index in [1.54, 1.807) is 0 Å². The van der Waals surface area contributed by atoms with Crippen molar-refractivity contribution in [2.45, 2.75) is 18.1 Å². The van der Waals surface area contributed by atoms with Crippen LogP contribution in [0.25, 0.3) is 11.0 Å². The molecule has 4 heteroatoms. The third kappa shape index (κ3) is 1.59. The van der Waals surface area contributed by atoms with E-state index < -0.39 is 0 Å². The van der Waals surface area contributed by atoms with Crippen molar-refractivity contribution in [1.82, 2.24) is 9.97 Å². The van der Waals surface area contributed by atoms with Gasteiger partial charge in [-0.05, 0) is 36.8 Å². The third-order valence-corrected chi connectivity index (χ3v) is 4.14. The summed E-state index contributed by atoms with van der Waals surface area (Å²) in [5.41, 5.74) is 8.60. The fourth-order valence-electron chi connectivity index (χ4n) is 1.99. The zero-order valence-electron chi connectivity index (χ0n) is 8.36. The molecule has 15 heavy (non-hydrogen) atoms. The number of aromatic nitrogens is 2. The Morgan fingerprint density at radius 3 is 3.20 bits per heavy atom. The van der Waals surface area contributed by atoms with Gasteiger partial charge in [-0.3, -0.25) is 0 Å². The van der Waals surface area contributed by atoms with E-state index in [1.165, 1.54) is 18.6 Å². The van der Waals surface area contributed by atoms with Crippen LogP contribution in [-0.4, -0.2) is 15.7 Å². The second kappa shape index (κ2) is 3.45. The molecule has 1 aromatic heterocycles. The minimum atomic E-state index is 0.554. The van der Waals surface area contributed by atoms with E-state index in [4.69, 9.17) is 5.73 Å². The SMILES string of the molecule is Nc1ccc2nc(C3CCCS3)[nH]c2c1. The molecule has 1 fully saturated rings. The maximum atomic E-state index is 5.73. The molecule has 0 radical (unpaired) electrons. The van der Waals surface area contributed by atoms with Gasteiger partial charge in [0.1, 0.15) is 5.82 Å². The second-order valence-electron chi connectivity index (χ2n) is 3.90. The Balaban J connectivity index is 2.05. The van der Waals surface area contributed by atoms with Gasteiger partial charge in [0, 0.05) is 5.69 Å². The topological polar surface area (TPSA) is 54.7 Å². The average Bonchev–Trinajstić information content (AvgIpc) is 2.84. The molecule has 1 unspecified atom stereocenters. The molecule has 0 spiro atoms. The number of aromatic amines is 1. The van der Waals surface area contributed by atoms with E-state index in [0.29, 0.717) is 5.25 Å². The van der Waals surface area contributed by atoms with Crippen LogP contribution in [0, 0.1) is 0 Å². The zero-order chi connectivity index (χ0) is 10.3. The molecule has 1 aliphatic rings. The minimum absolute atomic E-state index is 0.554. The standard InChI is InChI=1S/C11H13N3S/c12-7-3-4-8-9(6-7)14-11(13-8)10-2-1-5-15-10/h3-4,6,10H,1-2,5,12H2,(H,13,14). The Bertz CT molecular complexity index is 486. The lowest BCUT2D eigenvalue weighted by molar-refractivity contribution is 0.793. The molecule has 0 saturated carbocycles. The summed E-state index contributed by atoms with van der Waals surface area (Å²) >= 11 is 1.99. The summed E-state index contributed by atoms with van der Waals surface area (Å²) in [6.07, 6.45) is 2.54. The summed E-state index contributed by atoms with van der Waals surface area (Å²) in [6.45, 7) is 0. The highest BCUT2D eigenvalue weighted by Crippen LogP contribution is 2.38. The molecule has 3 N–H and O–H groups in total. The number of anilines is 1. The highest BCUT2D eigenvalue weighted by molar-refractivity contribution is 7.99. The highest BCUT2D eigenvalue weighted by Gasteiger charge is 2.20. The normalized spacial score (nSPS) is 21.2. The number of H-pyrrole nitrogens is 1. The van der Waals surface area contributed by atoms with E-state index in [0.717, 1.165) is 22.5 Å². The zero-order valence-corrected chi connectivity index (χ0v) is 9.18. The van der Waals surface area contributed by atoms with Crippen molar-refractivity contribution in [1.29, 1.82) is 0 Å². The van der Waals surface area contributed by atoms with Crippen molar-refractivity contribution in [3.8, 4) is 0 Å². The van der Waals surface area contributed by atoms with Gasteiger partial charge in [-0.1, -0.05) is 0 Å². The van der Waals surface area contributed by atoms with Crippen LogP contribution in [0.1, 0.15) is 23.9 Å². The van der Waals surface area contributed by atoms with Crippen LogP contribution in [0.15, 0.2) is 18.2 Å². The van der Waals surface area contributed by atoms with Gasteiger partial charge in [0.2, 0.25) is 0 Å². The summed E-state index contributed by atoms with van der Waals surface area (Å²) < 4.78 is 0. The second-order valence-corrected chi connectivity index (χ2v) is 5.21. The molecule has 3 rings (SSSR count). The lowest BCUT2D eigenvalue weighted by atomic mass is 10.2. The quantitative estimate of drug-likeness (QED) is 0.725. The summed E-state index contributed by atoms with van der Waals surface area (Å²) in [5.74, 6) is 2.36. The third-order valence-electron chi connectivity index (χ3n) is 2.76. The highest BCUT2D eigenvalue weighted by atomic mass is 32.2. The molecule has 2 aromatic rings. The maximum absolute atomic E-state index is 5.73. The molecule has 3 nitrogen and oxygen atoms in total. The van der Waals surface area contributed by atoms with Crippen molar-refractivity contribution in [3.63, 3.8) is 0 Å². The number of nitrogens with two attached hydrogens (primary N) is 1. The first-order valence-electron chi connectivity index (χ1n) is 5.20. The molecule has 78 valence electrons. The van der Waals surface area contributed by atoms with E-state index in [9.17, 15) is 0 Å². The number of thioether (sulfide) groups is 1. The summed E-state index contributed by atoms with van der Waals surface area (Å²) in [4.78, 5) is 7.97. The van der Waals surface area contributed by atoms with Crippen LogP contribution in [0.4, 0.5) is 5.69 Å². The van der Waals surface area contributed by atoms with Crippen molar-refractivity contribution in [2.75, 3.05) is 11.5 Å². The Morgan fingerprint density at radius 1 is 1.47 bits per heavy atom. The van der Waals surface area contributed by atoms with Gasteiger partial charge in [-0.25, -0.2) is 4.98 Å². The van der Waals surface area contributed by atoms with Crippen molar-refractivity contribution in [3.05, 3.63) is 24.0 Å². The van der Waals surface area contributed by atoms with Crippen molar-refractivity contribution in [2.24, 2.45) is 0 Å². The van der Waals surface area contributed by atoms with Crippen LogP contribution < -0.4 is 5.73 Å². The van der Waals surface area contributed by atoms with Crippen molar-refractivity contribution >= 4 is 28.5 Å². The largest absolute Gasteiger partial charge is 0.399 e. The van der Waals surface area contributed by atoms with E-state index in [-0.39, 0.29) is 0 Å². The first-order chi connectivity index (χ1) is 7.33. The molecule has 2 heterocycles. The van der Waals surface area contributed by atoms with Gasteiger partial charge >= 0.3 is 0 Å². The lowest BCUT2D eigenvalue weighted by Gasteiger charge is -2.01. The number of nitrogen functional groups attached to an aromatic ring is 1. The van der Waals surface area contributed by atoms with Gasteiger partial charge in [0.05, 0.1) is 16.3 Å². The van der Waals surface area contributed by atoms with Crippen molar-refractivity contribution < 1.29 is 0 Å². The van der Waals surface area contributed by atoms with Gasteiger partial charge in [0.25, 0.3) is 0 Å². The average molecular weight is 219 g/mol. The number of rotatable bonds is 1.